The normalized spacial score (nSPS) is 20.8. The summed E-state index contributed by atoms with van der Waals surface area (Å²) in [7, 11) is -3.99. The third-order valence-corrected chi connectivity index (χ3v) is 7.65. The van der Waals surface area contributed by atoms with Crippen molar-refractivity contribution in [2.45, 2.75) is 43.0 Å². The van der Waals surface area contributed by atoms with Gasteiger partial charge in [-0.2, -0.15) is 0 Å². The van der Waals surface area contributed by atoms with Crippen LogP contribution >= 0.6 is 11.3 Å². The van der Waals surface area contributed by atoms with Crippen molar-refractivity contribution >= 4 is 33.2 Å². The van der Waals surface area contributed by atoms with Crippen LogP contribution in [-0.4, -0.2) is 56.0 Å². The van der Waals surface area contributed by atoms with Gasteiger partial charge in [0.05, 0.1) is 5.56 Å². The minimum absolute atomic E-state index is 0.0808. The fourth-order valence-corrected chi connectivity index (χ4v) is 6.43. The van der Waals surface area contributed by atoms with Crippen LogP contribution in [0.15, 0.2) is 4.21 Å². The second-order valence-corrected chi connectivity index (χ2v) is 9.27. The second kappa shape index (κ2) is 7.02. The van der Waals surface area contributed by atoms with E-state index in [-0.39, 0.29) is 22.1 Å². The number of hydrogen-bond acceptors (Lipinski definition) is 6. The van der Waals surface area contributed by atoms with Crippen molar-refractivity contribution in [3.63, 3.8) is 0 Å². The highest BCUT2D eigenvalue weighted by Crippen LogP contribution is 2.34. The number of thiophene rings is 1. The van der Waals surface area contributed by atoms with E-state index < -0.39 is 22.0 Å². The first-order valence-electron chi connectivity index (χ1n) is 8.22. The predicted molar refractivity (Wildman–Crippen MR) is 92.3 cm³/mol. The van der Waals surface area contributed by atoms with Gasteiger partial charge in [-0.15, -0.1) is 11.3 Å². The average Bonchev–Trinajstić information content (AvgIpc) is 3.08. The van der Waals surface area contributed by atoms with Crippen molar-refractivity contribution in [3.05, 3.63) is 16.0 Å². The number of rotatable bonds is 6. The minimum Gasteiger partial charge on any atom is -0.478 e. The number of amides is 1. The Bertz CT molecular complexity index is 802. The number of carboxylic acids is 1. The lowest BCUT2D eigenvalue weighted by Gasteiger charge is -2.16. The quantitative estimate of drug-likeness (QED) is 0.650. The van der Waals surface area contributed by atoms with Crippen LogP contribution in [0.4, 0.5) is 0 Å². The third kappa shape index (κ3) is 3.57. The molecule has 0 bridgehead atoms. The molecule has 0 radical (unpaired) electrons. The van der Waals surface area contributed by atoms with Crippen molar-refractivity contribution in [3.8, 4) is 0 Å². The van der Waals surface area contributed by atoms with E-state index in [9.17, 15) is 23.1 Å². The van der Waals surface area contributed by atoms with E-state index in [2.05, 4.69) is 10.0 Å². The SMILES string of the molecule is CCCN1CC(NS(=O)(=O)c2sc3c(c2C(=O)O)CCNC3)CC1=O. The average molecular weight is 387 g/mol. The largest absolute Gasteiger partial charge is 0.478 e. The van der Waals surface area contributed by atoms with Gasteiger partial charge >= 0.3 is 5.97 Å². The van der Waals surface area contributed by atoms with E-state index >= 15 is 0 Å². The van der Waals surface area contributed by atoms with Crippen molar-refractivity contribution in [2.24, 2.45) is 0 Å². The van der Waals surface area contributed by atoms with Gasteiger partial charge in [0.15, 0.2) is 0 Å². The maximum Gasteiger partial charge on any atom is 0.338 e. The minimum atomic E-state index is -3.99. The number of aromatic carboxylic acids is 1. The third-order valence-electron chi connectivity index (χ3n) is 4.38. The molecule has 138 valence electrons. The molecular formula is C15H21N3O5S2. The summed E-state index contributed by atoms with van der Waals surface area (Å²) < 4.78 is 28.0. The van der Waals surface area contributed by atoms with E-state index in [4.69, 9.17) is 0 Å². The highest BCUT2D eigenvalue weighted by molar-refractivity contribution is 7.91. The molecule has 0 aromatic carbocycles. The van der Waals surface area contributed by atoms with Crippen LogP contribution in [-0.2, 0) is 27.8 Å². The molecule has 1 unspecified atom stereocenters. The van der Waals surface area contributed by atoms with Gasteiger partial charge in [0.1, 0.15) is 4.21 Å². The van der Waals surface area contributed by atoms with E-state index in [1.165, 1.54) is 0 Å². The molecule has 2 aliphatic rings. The van der Waals surface area contributed by atoms with Crippen molar-refractivity contribution in [2.75, 3.05) is 19.6 Å². The van der Waals surface area contributed by atoms with E-state index in [1.54, 1.807) is 4.90 Å². The molecule has 10 heteroatoms. The molecule has 3 N–H and O–H groups in total. The number of carbonyl (C=O) groups is 2. The Hall–Kier alpha value is -1.49. The summed E-state index contributed by atoms with van der Waals surface area (Å²) in [5.41, 5.74) is 0.482. The zero-order valence-electron chi connectivity index (χ0n) is 13.9. The Balaban J connectivity index is 1.87. The zero-order chi connectivity index (χ0) is 18.2. The first-order valence-corrected chi connectivity index (χ1v) is 10.5. The number of nitrogens with one attached hydrogen (secondary N) is 2. The van der Waals surface area contributed by atoms with Crippen LogP contribution in [0.25, 0.3) is 0 Å². The van der Waals surface area contributed by atoms with Crippen molar-refractivity contribution in [1.82, 2.24) is 14.9 Å². The van der Waals surface area contributed by atoms with Gasteiger partial charge in [-0.3, -0.25) is 4.79 Å². The lowest BCUT2D eigenvalue weighted by molar-refractivity contribution is -0.127. The summed E-state index contributed by atoms with van der Waals surface area (Å²) in [4.78, 5) is 26.0. The molecule has 8 nitrogen and oxygen atoms in total. The number of nitrogens with zero attached hydrogens (tertiary/aromatic N) is 1. The van der Waals surface area contributed by atoms with Crippen molar-refractivity contribution in [1.29, 1.82) is 0 Å². The number of carbonyl (C=O) groups excluding carboxylic acids is 1. The van der Waals surface area contributed by atoms with Gasteiger partial charge in [0.25, 0.3) is 10.0 Å². The summed E-state index contributed by atoms with van der Waals surface area (Å²) in [6.45, 7) is 3.97. The Kier molecular flexibility index (Phi) is 5.14. The van der Waals surface area contributed by atoms with Gasteiger partial charge in [-0.05, 0) is 24.9 Å². The van der Waals surface area contributed by atoms with Gasteiger partial charge in [-0.1, -0.05) is 6.92 Å². The van der Waals surface area contributed by atoms with Crippen LogP contribution in [0.1, 0.15) is 40.6 Å². The highest BCUT2D eigenvalue weighted by Gasteiger charge is 2.36. The van der Waals surface area contributed by atoms with Crippen molar-refractivity contribution < 1.29 is 23.1 Å². The Morgan fingerprint density at radius 3 is 2.92 bits per heavy atom. The number of sulfonamides is 1. The molecule has 0 aliphatic carbocycles. The summed E-state index contributed by atoms with van der Waals surface area (Å²) in [5.74, 6) is -1.31. The van der Waals surface area contributed by atoms with Gasteiger partial charge in [-0.25, -0.2) is 17.9 Å². The van der Waals surface area contributed by atoms with E-state index in [0.29, 0.717) is 38.2 Å². The molecular weight excluding hydrogens is 366 g/mol. The van der Waals surface area contributed by atoms with Gasteiger partial charge in [0.2, 0.25) is 5.91 Å². The Labute approximate surface area is 150 Å². The molecule has 25 heavy (non-hydrogen) atoms. The van der Waals surface area contributed by atoms with E-state index in [1.807, 2.05) is 6.92 Å². The topological polar surface area (TPSA) is 116 Å². The standard InChI is InChI=1S/C15H21N3O5S2/c1-2-5-18-8-9(6-12(18)19)17-25(22,23)15-13(14(20)21)10-3-4-16-7-11(10)24-15/h9,16-17H,2-8H2,1H3,(H,20,21). The molecule has 1 aromatic rings. The Morgan fingerprint density at radius 2 is 2.24 bits per heavy atom. The number of hydrogen-bond donors (Lipinski definition) is 3. The monoisotopic (exact) mass is 387 g/mol. The highest BCUT2D eigenvalue weighted by atomic mass is 32.2. The molecule has 1 fully saturated rings. The molecule has 1 atom stereocenters. The maximum atomic E-state index is 12.8. The molecule has 1 amide bonds. The summed E-state index contributed by atoms with van der Waals surface area (Å²) in [6.07, 6.45) is 1.41. The second-order valence-electron chi connectivity index (χ2n) is 6.26. The molecule has 1 aromatic heterocycles. The summed E-state index contributed by atoms with van der Waals surface area (Å²) in [6, 6.07) is -0.525. The fourth-order valence-electron chi connectivity index (χ4n) is 3.33. The first-order chi connectivity index (χ1) is 11.8. The zero-order valence-corrected chi connectivity index (χ0v) is 15.5. The summed E-state index contributed by atoms with van der Waals surface area (Å²) in [5, 5.41) is 12.6. The van der Waals surface area contributed by atoms with Crippen LogP contribution in [0.5, 0.6) is 0 Å². The molecule has 0 spiro atoms. The molecule has 1 saturated heterocycles. The lowest BCUT2D eigenvalue weighted by Crippen LogP contribution is -2.37. The van der Waals surface area contributed by atoms with Gasteiger partial charge in [0, 0.05) is 37.0 Å². The first kappa shape index (κ1) is 18.3. The molecule has 2 aliphatic heterocycles. The van der Waals surface area contributed by atoms with Crippen LogP contribution in [0, 0.1) is 0 Å². The maximum absolute atomic E-state index is 12.8. The molecule has 0 saturated carbocycles. The smallest absolute Gasteiger partial charge is 0.338 e. The predicted octanol–water partition coefficient (Wildman–Crippen LogP) is 0.381. The molecule has 3 heterocycles. The van der Waals surface area contributed by atoms with Crippen LogP contribution < -0.4 is 10.0 Å². The summed E-state index contributed by atoms with van der Waals surface area (Å²) >= 11 is 1.00. The van der Waals surface area contributed by atoms with Crippen LogP contribution in [0.3, 0.4) is 0 Å². The van der Waals surface area contributed by atoms with E-state index in [0.717, 1.165) is 22.6 Å². The van der Waals surface area contributed by atoms with Crippen LogP contribution in [0.2, 0.25) is 0 Å². The number of carboxylic acid groups (broad SMARTS) is 1. The Morgan fingerprint density at radius 1 is 1.48 bits per heavy atom. The molecule has 3 rings (SSSR count). The number of fused-ring (bicyclic) bond motifs is 1. The fraction of sp³-hybridized carbons (Fsp3) is 0.600. The number of likely N-dealkylation sites (tertiary alicyclic amines) is 1. The van der Waals surface area contributed by atoms with Gasteiger partial charge < -0.3 is 15.3 Å². The lowest BCUT2D eigenvalue weighted by atomic mass is 10.1.